The minimum atomic E-state index is -0.623. The van der Waals surface area contributed by atoms with Crippen LogP contribution in [0.1, 0.15) is 53.4 Å². The number of hydrogen-bond acceptors (Lipinski definition) is 0. The summed E-state index contributed by atoms with van der Waals surface area (Å²) in [5.74, 6) is 1.62. The van der Waals surface area contributed by atoms with E-state index in [-0.39, 0.29) is 0 Å². The van der Waals surface area contributed by atoms with Gasteiger partial charge in [0.2, 0.25) is 0 Å². The standard InChI is InChI=1S/2C10H15.Zr/c2*1-9(2)7-8-10-5-3-4-6-10;/h2*3-6,9H,7-8H2,1-2H3;. The zero-order chi connectivity index (χ0) is 15.3. The Kier molecular flexibility index (Phi) is 6.07. The predicted molar refractivity (Wildman–Crippen MR) is 90.1 cm³/mol. The summed E-state index contributed by atoms with van der Waals surface area (Å²) in [6.45, 7) is 9.41. The molecule has 114 valence electrons. The molecule has 0 amide bonds. The van der Waals surface area contributed by atoms with E-state index in [1.54, 1.807) is 0 Å². The van der Waals surface area contributed by atoms with Crippen molar-refractivity contribution in [1.29, 1.82) is 0 Å². The molecule has 0 aromatic rings. The molecule has 0 spiro atoms. The zero-order valence-electron chi connectivity index (χ0n) is 14.1. The van der Waals surface area contributed by atoms with Crippen LogP contribution < -0.4 is 0 Å². The van der Waals surface area contributed by atoms with Crippen molar-refractivity contribution in [3.63, 3.8) is 0 Å². The second-order valence-electron chi connectivity index (χ2n) is 7.51. The van der Waals surface area contributed by atoms with E-state index >= 15 is 0 Å². The van der Waals surface area contributed by atoms with Crippen molar-refractivity contribution >= 4 is 0 Å². The Morgan fingerprint density at radius 2 is 1.00 bits per heavy atom. The fourth-order valence-corrected chi connectivity index (χ4v) is 8.35. The Morgan fingerprint density at radius 3 is 1.29 bits per heavy atom. The Morgan fingerprint density at radius 1 is 0.667 bits per heavy atom. The van der Waals surface area contributed by atoms with E-state index in [0.717, 1.165) is 11.8 Å². The normalized spacial score (nSPS) is 21.0. The molecule has 0 N–H and O–H groups in total. The Hall–Kier alpha value is -0.157. The molecule has 0 heterocycles. The molecule has 2 aliphatic carbocycles. The summed E-state index contributed by atoms with van der Waals surface area (Å²) < 4.78 is 0.896. The van der Waals surface area contributed by atoms with Crippen LogP contribution in [-0.4, -0.2) is 0 Å². The summed E-state index contributed by atoms with van der Waals surface area (Å²) in [5, 5.41) is 0. The second kappa shape index (κ2) is 7.41. The number of allylic oxidation sites excluding steroid dienone is 8. The summed E-state index contributed by atoms with van der Waals surface area (Å²) in [5.41, 5.74) is 0. The molecule has 0 atom stereocenters. The first-order chi connectivity index (χ1) is 9.95. The van der Waals surface area contributed by atoms with Gasteiger partial charge in [-0.25, -0.2) is 0 Å². The molecular weight excluding hydrogens is 331 g/mol. The fourth-order valence-electron chi connectivity index (χ4n) is 3.13. The van der Waals surface area contributed by atoms with E-state index in [1.165, 1.54) is 25.7 Å². The van der Waals surface area contributed by atoms with Crippen molar-refractivity contribution in [3.05, 3.63) is 48.6 Å². The molecule has 0 saturated carbocycles. The molecule has 0 radical (unpaired) electrons. The Balaban J connectivity index is 2.10. The first-order valence-electron chi connectivity index (χ1n) is 8.49. The molecule has 0 nitrogen and oxygen atoms in total. The van der Waals surface area contributed by atoms with E-state index in [4.69, 9.17) is 0 Å². The molecule has 21 heavy (non-hydrogen) atoms. The van der Waals surface area contributed by atoms with Gasteiger partial charge >= 0.3 is 143 Å². The molecular formula is C20H30Zr. The molecule has 2 rings (SSSR count). The summed E-state index contributed by atoms with van der Waals surface area (Å²) in [6.07, 6.45) is 24.7. The molecule has 0 aromatic carbocycles. The summed E-state index contributed by atoms with van der Waals surface area (Å²) in [6, 6.07) is 0. The Bertz CT molecular complexity index is 382. The Labute approximate surface area is 143 Å². The average Bonchev–Trinajstić information content (AvgIpc) is 3.06. The van der Waals surface area contributed by atoms with E-state index < -0.39 is 23.2 Å². The number of hydrogen-bond donors (Lipinski definition) is 0. The maximum absolute atomic E-state index is 2.53. The summed E-state index contributed by atoms with van der Waals surface area (Å²) in [7, 11) is 0. The van der Waals surface area contributed by atoms with Crippen molar-refractivity contribution in [2.75, 3.05) is 0 Å². The van der Waals surface area contributed by atoms with Gasteiger partial charge in [-0.15, -0.1) is 0 Å². The van der Waals surface area contributed by atoms with Crippen LogP contribution in [0.4, 0.5) is 0 Å². The first-order valence-corrected chi connectivity index (χ1v) is 10.9. The maximum atomic E-state index is 2.53. The van der Waals surface area contributed by atoms with Gasteiger partial charge in [0.25, 0.3) is 0 Å². The van der Waals surface area contributed by atoms with Gasteiger partial charge in [0.05, 0.1) is 0 Å². The fraction of sp³-hybridized carbons (Fsp3) is 0.600. The third-order valence-electron chi connectivity index (χ3n) is 4.53. The molecule has 0 unspecified atom stereocenters. The number of rotatable bonds is 8. The van der Waals surface area contributed by atoms with E-state index in [2.05, 4.69) is 76.3 Å². The van der Waals surface area contributed by atoms with Crippen LogP contribution in [0.25, 0.3) is 0 Å². The van der Waals surface area contributed by atoms with Crippen LogP contribution in [0.3, 0.4) is 0 Å². The molecule has 0 fully saturated rings. The third-order valence-corrected chi connectivity index (χ3v) is 9.69. The SMILES string of the molecule is CC(C)CC[C]1([Zr][C]2(CCC(C)C)C=CC=C2)C=CC=C1. The van der Waals surface area contributed by atoms with E-state index in [1.807, 2.05) is 0 Å². The van der Waals surface area contributed by atoms with Crippen molar-refractivity contribution < 1.29 is 23.2 Å². The van der Waals surface area contributed by atoms with Crippen LogP contribution in [0.15, 0.2) is 48.6 Å². The van der Waals surface area contributed by atoms with Crippen LogP contribution in [-0.2, 0) is 23.2 Å². The molecule has 1 heteroatoms. The summed E-state index contributed by atoms with van der Waals surface area (Å²) >= 11 is -0.623. The summed E-state index contributed by atoms with van der Waals surface area (Å²) in [4.78, 5) is 0. The molecule has 0 bridgehead atoms. The predicted octanol–water partition coefficient (Wildman–Crippen LogP) is 6.51. The van der Waals surface area contributed by atoms with Crippen LogP contribution in [0.2, 0.25) is 6.25 Å². The van der Waals surface area contributed by atoms with Gasteiger partial charge in [-0.2, -0.15) is 0 Å². The topological polar surface area (TPSA) is 0 Å². The quantitative estimate of drug-likeness (QED) is 0.462. The first kappa shape index (κ1) is 17.2. The van der Waals surface area contributed by atoms with Crippen molar-refractivity contribution in [2.24, 2.45) is 11.8 Å². The molecule has 0 aromatic heterocycles. The van der Waals surface area contributed by atoms with E-state index in [9.17, 15) is 0 Å². The van der Waals surface area contributed by atoms with Gasteiger partial charge in [-0.3, -0.25) is 0 Å². The van der Waals surface area contributed by atoms with Gasteiger partial charge < -0.3 is 0 Å². The van der Waals surface area contributed by atoms with Crippen molar-refractivity contribution in [2.45, 2.75) is 59.6 Å². The average molecular weight is 362 g/mol. The monoisotopic (exact) mass is 360 g/mol. The minimum absolute atomic E-state index is 0.448. The van der Waals surface area contributed by atoms with Crippen molar-refractivity contribution in [1.82, 2.24) is 0 Å². The van der Waals surface area contributed by atoms with Crippen LogP contribution in [0, 0.1) is 11.8 Å². The van der Waals surface area contributed by atoms with Gasteiger partial charge in [-0.05, 0) is 0 Å². The molecule has 2 aliphatic rings. The molecule has 0 saturated heterocycles. The third kappa shape index (κ3) is 4.92. The van der Waals surface area contributed by atoms with Gasteiger partial charge in [0, 0.05) is 0 Å². The van der Waals surface area contributed by atoms with Crippen molar-refractivity contribution in [3.8, 4) is 0 Å². The van der Waals surface area contributed by atoms with E-state index in [0.29, 0.717) is 6.25 Å². The van der Waals surface area contributed by atoms with Gasteiger partial charge in [-0.1, -0.05) is 0 Å². The van der Waals surface area contributed by atoms with Gasteiger partial charge in [0.1, 0.15) is 0 Å². The second-order valence-corrected chi connectivity index (χ2v) is 12.7. The van der Waals surface area contributed by atoms with Gasteiger partial charge in [0.15, 0.2) is 0 Å². The van der Waals surface area contributed by atoms with Crippen LogP contribution in [0.5, 0.6) is 0 Å². The molecule has 0 aliphatic heterocycles. The van der Waals surface area contributed by atoms with Crippen LogP contribution >= 0.6 is 0 Å². The zero-order valence-corrected chi connectivity index (χ0v) is 16.6.